The first kappa shape index (κ1) is 9.31. The molecule has 0 bridgehead atoms. The second-order valence-electron chi connectivity index (χ2n) is 2.89. The number of rotatable bonds is 3. The van der Waals surface area contributed by atoms with Gasteiger partial charge in [-0.05, 0) is 16.5 Å². The molecule has 0 saturated carbocycles. The summed E-state index contributed by atoms with van der Waals surface area (Å²) in [6.07, 6.45) is 1.59. The monoisotopic (exact) mass is 208 g/mol. The first-order chi connectivity index (χ1) is 7.18. The van der Waals surface area contributed by atoms with Crippen LogP contribution >= 0.6 is 0 Å². The molecular weight excluding hydrogens is 200 g/mol. The van der Waals surface area contributed by atoms with Gasteiger partial charge >= 0.3 is 5.97 Å². The van der Waals surface area contributed by atoms with Crippen LogP contribution in [0.1, 0.15) is 0 Å². The Balaban J connectivity index is 2.41. The number of aryl methyl sites for hydroxylation is 1. The van der Waals surface area contributed by atoms with Gasteiger partial charge < -0.3 is 5.11 Å². The Morgan fingerprint density at radius 1 is 1.60 bits per heavy atom. The third-order valence-electron chi connectivity index (χ3n) is 1.87. The van der Waals surface area contributed by atoms with Gasteiger partial charge in [-0.3, -0.25) is 9.48 Å². The largest absolute Gasteiger partial charge is 0.480 e. The van der Waals surface area contributed by atoms with Crippen LogP contribution in [0.15, 0.2) is 12.3 Å². The fourth-order valence-electron chi connectivity index (χ4n) is 1.22. The van der Waals surface area contributed by atoms with E-state index in [1.165, 1.54) is 4.68 Å². The molecule has 0 unspecified atom stereocenters. The van der Waals surface area contributed by atoms with E-state index in [0.29, 0.717) is 11.5 Å². The van der Waals surface area contributed by atoms with Crippen LogP contribution in [0.3, 0.4) is 0 Å². The lowest BCUT2D eigenvalue weighted by molar-refractivity contribution is -0.137. The zero-order valence-corrected chi connectivity index (χ0v) is 7.90. The van der Waals surface area contributed by atoms with E-state index in [1.54, 1.807) is 24.0 Å². The molecule has 8 heteroatoms. The summed E-state index contributed by atoms with van der Waals surface area (Å²) in [5.41, 5.74) is 0.668. The average Bonchev–Trinajstić information content (AvgIpc) is 2.73. The summed E-state index contributed by atoms with van der Waals surface area (Å²) in [5.74, 6) is -0.608. The third-order valence-corrected chi connectivity index (χ3v) is 1.87. The van der Waals surface area contributed by atoms with E-state index >= 15 is 0 Å². The van der Waals surface area contributed by atoms with E-state index in [-0.39, 0.29) is 6.54 Å². The van der Waals surface area contributed by atoms with Crippen molar-refractivity contribution in [2.45, 2.75) is 6.54 Å². The Kier molecular flexibility index (Phi) is 2.16. The number of hydrogen-bond donors (Lipinski definition) is 1. The zero-order chi connectivity index (χ0) is 10.8. The molecule has 0 aliphatic heterocycles. The second-order valence-corrected chi connectivity index (χ2v) is 2.89. The van der Waals surface area contributed by atoms with Gasteiger partial charge in [0.2, 0.25) is 5.82 Å². The Morgan fingerprint density at radius 3 is 3.00 bits per heavy atom. The van der Waals surface area contributed by atoms with Gasteiger partial charge in [-0.25, -0.2) is 4.68 Å². The van der Waals surface area contributed by atoms with Gasteiger partial charge in [0.15, 0.2) is 0 Å². The third kappa shape index (κ3) is 1.68. The number of carboxylic acid groups (broad SMARTS) is 1. The highest BCUT2D eigenvalue weighted by Crippen LogP contribution is 2.13. The molecular formula is C7H8N6O2. The van der Waals surface area contributed by atoms with E-state index in [0.717, 1.165) is 0 Å². The van der Waals surface area contributed by atoms with Gasteiger partial charge in [0.05, 0.1) is 0 Å². The average molecular weight is 208 g/mol. The van der Waals surface area contributed by atoms with Crippen LogP contribution < -0.4 is 0 Å². The zero-order valence-electron chi connectivity index (χ0n) is 7.90. The minimum Gasteiger partial charge on any atom is -0.480 e. The fraction of sp³-hybridized carbons (Fsp3) is 0.286. The highest BCUT2D eigenvalue weighted by atomic mass is 16.4. The van der Waals surface area contributed by atoms with Crippen molar-refractivity contribution in [3.63, 3.8) is 0 Å². The number of hydrogen-bond acceptors (Lipinski definition) is 5. The van der Waals surface area contributed by atoms with Crippen molar-refractivity contribution in [1.29, 1.82) is 0 Å². The smallest absolute Gasteiger partial charge is 0.325 e. The molecule has 0 atom stereocenters. The maximum atomic E-state index is 10.5. The predicted octanol–water partition coefficient (Wildman–Crippen LogP) is -0.842. The lowest BCUT2D eigenvalue weighted by Gasteiger charge is -2.01. The van der Waals surface area contributed by atoms with E-state index in [9.17, 15) is 4.79 Å². The summed E-state index contributed by atoms with van der Waals surface area (Å²) < 4.78 is 2.78. The Hall–Kier alpha value is -2.25. The molecule has 2 heterocycles. The van der Waals surface area contributed by atoms with Gasteiger partial charge in [-0.2, -0.15) is 5.10 Å². The minimum atomic E-state index is -0.995. The topological polar surface area (TPSA) is 98.7 Å². The summed E-state index contributed by atoms with van der Waals surface area (Å²) in [6.45, 7) is -0.270. The number of carbonyl (C=O) groups is 1. The SMILES string of the molecule is Cn1nccc1-c1nnnn1CC(=O)O. The molecule has 2 aromatic rings. The molecule has 0 aliphatic rings. The van der Waals surface area contributed by atoms with Gasteiger partial charge in [0.25, 0.3) is 0 Å². The summed E-state index contributed by atoms with van der Waals surface area (Å²) >= 11 is 0. The Bertz CT molecular complexity index is 487. The first-order valence-electron chi connectivity index (χ1n) is 4.15. The standard InChI is InChI=1S/C7H8N6O2/c1-12-5(2-3-8-12)7-9-10-11-13(7)4-6(14)15/h2-3H,4H2,1H3,(H,14,15). The number of tetrazole rings is 1. The van der Waals surface area contributed by atoms with Crippen molar-refractivity contribution >= 4 is 5.97 Å². The van der Waals surface area contributed by atoms with Crippen LogP contribution in [0.2, 0.25) is 0 Å². The van der Waals surface area contributed by atoms with Crippen molar-refractivity contribution in [3.8, 4) is 11.5 Å². The van der Waals surface area contributed by atoms with Crippen LogP contribution in [0, 0.1) is 0 Å². The normalized spacial score (nSPS) is 10.5. The minimum absolute atomic E-state index is 0.270. The van der Waals surface area contributed by atoms with Crippen molar-refractivity contribution < 1.29 is 9.90 Å². The van der Waals surface area contributed by atoms with Crippen LogP contribution in [0.5, 0.6) is 0 Å². The highest BCUT2D eigenvalue weighted by molar-refractivity contribution is 5.67. The molecule has 0 fully saturated rings. The molecule has 0 aromatic carbocycles. The van der Waals surface area contributed by atoms with Crippen LogP contribution in [0.25, 0.3) is 11.5 Å². The molecule has 0 aliphatic carbocycles. The molecule has 0 radical (unpaired) electrons. The maximum Gasteiger partial charge on any atom is 0.325 e. The number of aliphatic carboxylic acids is 1. The first-order valence-corrected chi connectivity index (χ1v) is 4.15. The van der Waals surface area contributed by atoms with Crippen molar-refractivity contribution in [3.05, 3.63) is 12.3 Å². The lowest BCUT2D eigenvalue weighted by Crippen LogP contribution is -2.12. The van der Waals surface area contributed by atoms with Crippen LogP contribution in [0.4, 0.5) is 0 Å². The van der Waals surface area contributed by atoms with E-state index < -0.39 is 5.97 Å². The molecule has 0 spiro atoms. The van der Waals surface area contributed by atoms with Crippen LogP contribution in [-0.2, 0) is 18.4 Å². The Labute approximate surface area is 84.1 Å². The maximum absolute atomic E-state index is 10.5. The van der Waals surface area contributed by atoms with Crippen molar-refractivity contribution in [2.24, 2.45) is 7.05 Å². The summed E-state index contributed by atoms with van der Waals surface area (Å²) in [5, 5.41) is 23.4. The molecule has 2 rings (SSSR count). The molecule has 2 aromatic heterocycles. The van der Waals surface area contributed by atoms with Crippen LogP contribution in [-0.4, -0.2) is 41.1 Å². The van der Waals surface area contributed by atoms with Gasteiger partial charge in [-0.15, -0.1) is 5.10 Å². The predicted molar refractivity (Wildman–Crippen MR) is 47.7 cm³/mol. The number of nitrogens with zero attached hydrogens (tertiary/aromatic N) is 6. The summed E-state index contributed by atoms with van der Waals surface area (Å²) in [7, 11) is 1.73. The molecule has 78 valence electrons. The van der Waals surface area contributed by atoms with Crippen molar-refractivity contribution in [1.82, 2.24) is 30.0 Å². The lowest BCUT2D eigenvalue weighted by atomic mass is 10.4. The van der Waals surface area contributed by atoms with Gasteiger partial charge in [0.1, 0.15) is 12.2 Å². The summed E-state index contributed by atoms with van der Waals surface area (Å²) in [6, 6.07) is 1.71. The van der Waals surface area contributed by atoms with Gasteiger partial charge in [0, 0.05) is 13.2 Å². The Morgan fingerprint density at radius 2 is 2.40 bits per heavy atom. The van der Waals surface area contributed by atoms with E-state index in [1.807, 2.05) is 0 Å². The van der Waals surface area contributed by atoms with Gasteiger partial charge in [-0.1, -0.05) is 0 Å². The molecule has 8 nitrogen and oxygen atoms in total. The quantitative estimate of drug-likeness (QED) is 0.705. The van der Waals surface area contributed by atoms with E-state index in [2.05, 4.69) is 20.6 Å². The molecule has 1 N–H and O–H groups in total. The molecule has 0 saturated heterocycles. The number of carboxylic acids is 1. The number of aromatic nitrogens is 6. The van der Waals surface area contributed by atoms with Crippen molar-refractivity contribution in [2.75, 3.05) is 0 Å². The highest BCUT2D eigenvalue weighted by Gasteiger charge is 2.13. The molecule has 15 heavy (non-hydrogen) atoms. The fourth-order valence-corrected chi connectivity index (χ4v) is 1.22. The molecule has 0 amide bonds. The summed E-state index contributed by atoms with van der Waals surface area (Å²) in [4.78, 5) is 10.5. The van der Waals surface area contributed by atoms with E-state index in [4.69, 9.17) is 5.11 Å². The second kappa shape index (κ2) is 3.48.